The van der Waals surface area contributed by atoms with Crippen molar-refractivity contribution in [2.75, 3.05) is 19.6 Å². The summed E-state index contributed by atoms with van der Waals surface area (Å²) in [5, 5.41) is 10.0. The van der Waals surface area contributed by atoms with Gasteiger partial charge >= 0.3 is 0 Å². The standard InChI is InChI=1S/C14H19NO/c1-3-10-15(11-4-2)12-14(16)13-8-6-5-7-9-13/h3-9,14,16H,1-2,10-12H2/t14-/m1/s1. The van der Waals surface area contributed by atoms with Gasteiger partial charge in [0.2, 0.25) is 0 Å². The summed E-state index contributed by atoms with van der Waals surface area (Å²) in [6, 6.07) is 9.69. The van der Waals surface area contributed by atoms with Crippen LogP contribution < -0.4 is 0 Å². The van der Waals surface area contributed by atoms with Gasteiger partial charge < -0.3 is 5.11 Å². The fourth-order valence-electron chi connectivity index (χ4n) is 1.61. The molecule has 0 spiro atoms. The summed E-state index contributed by atoms with van der Waals surface area (Å²) in [6.07, 6.45) is 3.21. The van der Waals surface area contributed by atoms with E-state index in [-0.39, 0.29) is 0 Å². The van der Waals surface area contributed by atoms with Crippen LogP contribution in [0.5, 0.6) is 0 Å². The molecule has 16 heavy (non-hydrogen) atoms. The molecule has 0 aliphatic rings. The molecular weight excluding hydrogens is 198 g/mol. The minimum absolute atomic E-state index is 0.457. The molecule has 2 nitrogen and oxygen atoms in total. The van der Waals surface area contributed by atoms with Crippen molar-refractivity contribution >= 4 is 0 Å². The molecule has 1 rings (SSSR count). The largest absolute Gasteiger partial charge is 0.387 e. The van der Waals surface area contributed by atoms with Crippen molar-refractivity contribution in [1.29, 1.82) is 0 Å². The van der Waals surface area contributed by atoms with Gasteiger partial charge in [0.25, 0.3) is 0 Å². The van der Waals surface area contributed by atoms with Crippen LogP contribution >= 0.6 is 0 Å². The second-order valence-electron chi connectivity index (χ2n) is 3.72. The third kappa shape index (κ3) is 4.01. The van der Waals surface area contributed by atoms with E-state index in [9.17, 15) is 5.11 Å². The van der Waals surface area contributed by atoms with E-state index in [0.29, 0.717) is 6.54 Å². The van der Waals surface area contributed by atoms with Gasteiger partial charge in [-0.15, -0.1) is 13.2 Å². The molecule has 1 aromatic rings. The molecule has 0 radical (unpaired) electrons. The first-order valence-corrected chi connectivity index (χ1v) is 5.45. The molecule has 0 saturated carbocycles. The van der Waals surface area contributed by atoms with Crippen molar-refractivity contribution in [3.05, 3.63) is 61.2 Å². The Labute approximate surface area is 97.5 Å². The molecule has 1 N–H and O–H groups in total. The Morgan fingerprint density at radius 3 is 2.19 bits per heavy atom. The summed E-state index contributed by atoms with van der Waals surface area (Å²) < 4.78 is 0. The second kappa shape index (κ2) is 6.99. The van der Waals surface area contributed by atoms with E-state index in [4.69, 9.17) is 0 Å². The molecule has 2 heteroatoms. The minimum atomic E-state index is -0.457. The summed E-state index contributed by atoms with van der Waals surface area (Å²) in [5.41, 5.74) is 0.945. The topological polar surface area (TPSA) is 23.5 Å². The summed E-state index contributed by atoms with van der Waals surface area (Å²) in [7, 11) is 0. The lowest BCUT2D eigenvalue weighted by molar-refractivity contribution is 0.125. The highest BCUT2D eigenvalue weighted by molar-refractivity contribution is 5.17. The number of rotatable bonds is 7. The van der Waals surface area contributed by atoms with E-state index in [2.05, 4.69) is 18.1 Å². The average Bonchev–Trinajstić information content (AvgIpc) is 2.31. The summed E-state index contributed by atoms with van der Waals surface area (Å²) in [4.78, 5) is 2.09. The summed E-state index contributed by atoms with van der Waals surface area (Å²) in [5.74, 6) is 0. The number of aliphatic hydroxyl groups is 1. The first-order valence-electron chi connectivity index (χ1n) is 5.45. The number of hydrogen-bond acceptors (Lipinski definition) is 2. The van der Waals surface area contributed by atoms with Gasteiger partial charge in [0.1, 0.15) is 0 Å². The predicted octanol–water partition coefficient (Wildman–Crippen LogP) is 2.39. The maximum atomic E-state index is 10.0. The molecule has 1 atom stereocenters. The van der Waals surface area contributed by atoms with Crippen LogP contribution in [-0.2, 0) is 0 Å². The summed E-state index contributed by atoms with van der Waals surface area (Å²) in [6.45, 7) is 9.53. The van der Waals surface area contributed by atoms with Crippen LogP contribution in [0.4, 0.5) is 0 Å². The van der Waals surface area contributed by atoms with Crippen molar-refractivity contribution in [2.24, 2.45) is 0 Å². The quantitative estimate of drug-likeness (QED) is 0.709. The lowest BCUT2D eigenvalue weighted by Crippen LogP contribution is -2.29. The molecule has 1 aromatic carbocycles. The van der Waals surface area contributed by atoms with E-state index in [1.165, 1.54) is 0 Å². The molecular formula is C14H19NO. The molecule has 0 amide bonds. The first-order chi connectivity index (χ1) is 7.77. The van der Waals surface area contributed by atoms with Crippen LogP contribution in [-0.4, -0.2) is 29.6 Å². The van der Waals surface area contributed by atoms with Gasteiger partial charge in [-0.25, -0.2) is 0 Å². The fourth-order valence-corrected chi connectivity index (χ4v) is 1.61. The van der Waals surface area contributed by atoms with E-state index >= 15 is 0 Å². The van der Waals surface area contributed by atoms with E-state index < -0.39 is 6.10 Å². The van der Waals surface area contributed by atoms with Crippen LogP contribution in [0.2, 0.25) is 0 Å². The van der Waals surface area contributed by atoms with Crippen molar-refractivity contribution in [2.45, 2.75) is 6.10 Å². The minimum Gasteiger partial charge on any atom is -0.387 e. The molecule has 86 valence electrons. The molecule has 0 bridgehead atoms. The zero-order valence-corrected chi connectivity index (χ0v) is 9.55. The van der Waals surface area contributed by atoms with E-state index in [1.807, 2.05) is 42.5 Å². The maximum Gasteiger partial charge on any atom is 0.0917 e. The lowest BCUT2D eigenvalue weighted by Gasteiger charge is -2.22. The molecule has 0 aliphatic carbocycles. The number of benzene rings is 1. The Bertz CT molecular complexity index is 311. The van der Waals surface area contributed by atoms with Gasteiger partial charge in [0.05, 0.1) is 6.10 Å². The second-order valence-corrected chi connectivity index (χ2v) is 3.72. The number of nitrogens with zero attached hydrogens (tertiary/aromatic N) is 1. The number of aliphatic hydroxyl groups excluding tert-OH is 1. The Balaban J connectivity index is 2.57. The summed E-state index contributed by atoms with van der Waals surface area (Å²) >= 11 is 0. The Morgan fingerprint density at radius 2 is 1.69 bits per heavy atom. The normalized spacial score (nSPS) is 12.4. The third-order valence-electron chi connectivity index (χ3n) is 2.39. The third-order valence-corrected chi connectivity index (χ3v) is 2.39. The SMILES string of the molecule is C=CCN(CC=C)C[C@@H](O)c1ccccc1. The van der Waals surface area contributed by atoms with Crippen molar-refractivity contribution in [1.82, 2.24) is 4.90 Å². The predicted molar refractivity (Wildman–Crippen MR) is 68.2 cm³/mol. The highest BCUT2D eigenvalue weighted by Crippen LogP contribution is 2.13. The van der Waals surface area contributed by atoms with Gasteiger partial charge in [0.15, 0.2) is 0 Å². The van der Waals surface area contributed by atoms with Gasteiger partial charge in [-0.05, 0) is 5.56 Å². The van der Waals surface area contributed by atoms with Gasteiger partial charge in [-0.2, -0.15) is 0 Å². The molecule has 0 saturated heterocycles. The molecule has 0 fully saturated rings. The average molecular weight is 217 g/mol. The van der Waals surface area contributed by atoms with Crippen molar-refractivity contribution in [3.63, 3.8) is 0 Å². The van der Waals surface area contributed by atoms with Crippen LogP contribution in [0.1, 0.15) is 11.7 Å². The lowest BCUT2D eigenvalue weighted by atomic mass is 10.1. The number of hydrogen-bond donors (Lipinski definition) is 1. The van der Waals surface area contributed by atoms with Crippen LogP contribution in [0.15, 0.2) is 55.6 Å². The van der Waals surface area contributed by atoms with Gasteiger partial charge in [-0.3, -0.25) is 4.90 Å². The Morgan fingerprint density at radius 1 is 1.12 bits per heavy atom. The highest BCUT2D eigenvalue weighted by atomic mass is 16.3. The first kappa shape index (κ1) is 12.7. The van der Waals surface area contributed by atoms with Crippen LogP contribution in [0, 0.1) is 0 Å². The van der Waals surface area contributed by atoms with Crippen LogP contribution in [0.3, 0.4) is 0 Å². The molecule has 0 aromatic heterocycles. The molecule has 0 heterocycles. The smallest absolute Gasteiger partial charge is 0.0917 e. The zero-order chi connectivity index (χ0) is 11.8. The monoisotopic (exact) mass is 217 g/mol. The maximum absolute atomic E-state index is 10.0. The fraction of sp³-hybridized carbons (Fsp3) is 0.286. The highest BCUT2D eigenvalue weighted by Gasteiger charge is 2.10. The van der Waals surface area contributed by atoms with Crippen molar-refractivity contribution in [3.8, 4) is 0 Å². The van der Waals surface area contributed by atoms with Crippen molar-refractivity contribution < 1.29 is 5.11 Å². The Hall–Kier alpha value is -1.38. The zero-order valence-electron chi connectivity index (χ0n) is 9.55. The molecule has 0 aliphatic heterocycles. The van der Waals surface area contributed by atoms with Gasteiger partial charge in [-0.1, -0.05) is 42.5 Å². The van der Waals surface area contributed by atoms with Gasteiger partial charge in [0, 0.05) is 19.6 Å². The van der Waals surface area contributed by atoms with Crippen LogP contribution in [0.25, 0.3) is 0 Å². The van der Waals surface area contributed by atoms with E-state index in [0.717, 1.165) is 18.7 Å². The Kier molecular flexibility index (Phi) is 5.54. The van der Waals surface area contributed by atoms with E-state index in [1.54, 1.807) is 0 Å². The molecule has 0 unspecified atom stereocenters.